The maximum atomic E-state index is 12.7. The number of hydrogen-bond donors (Lipinski definition) is 0. The molecule has 0 radical (unpaired) electrons. The van der Waals surface area contributed by atoms with Gasteiger partial charge in [0.25, 0.3) is 0 Å². The lowest BCUT2D eigenvalue weighted by molar-refractivity contribution is -0.167. The molecule has 6 heteroatoms. The van der Waals surface area contributed by atoms with Crippen molar-refractivity contribution in [3.8, 4) is 0 Å². The van der Waals surface area contributed by atoms with Crippen molar-refractivity contribution in [2.45, 2.75) is 329 Å². The normalized spacial score (nSPS) is 12.0. The number of carbonyl (C=O) groups is 3. The minimum Gasteiger partial charge on any atom is -0.462 e. The molecule has 0 aromatic heterocycles. The van der Waals surface area contributed by atoms with Crippen LogP contribution in [0.25, 0.3) is 0 Å². The molecule has 0 rings (SSSR count). The summed E-state index contributed by atoms with van der Waals surface area (Å²) in [7, 11) is 0. The van der Waals surface area contributed by atoms with E-state index in [4.69, 9.17) is 14.2 Å². The zero-order chi connectivity index (χ0) is 45.9. The van der Waals surface area contributed by atoms with Crippen molar-refractivity contribution in [2.75, 3.05) is 13.2 Å². The first-order chi connectivity index (χ1) is 30.9. The molecule has 0 unspecified atom stereocenters. The van der Waals surface area contributed by atoms with Crippen molar-refractivity contribution in [3.05, 3.63) is 0 Å². The van der Waals surface area contributed by atoms with Crippen LogP contribution in [0.2, 0.25) is 0 Å². The highest BCUT2D eigenvalue weighted by atomic mass is 16.6. The fourth-order valence-electron chi connectivity index (χ4n) is 8.75. The van der Waals surface area contributed by atoms with Gasteiger partial charge in [0.1, 0.15) is 13.2 Å². The molecule has 0 saturated heterocycles. The summed E-state index contributed by atoms with van der Waals surface area (Å²) in [5.41, 5.74) is 0. The van der Waals surface area contributed by atoms with Gasteiger partial charge in [0.2, 0.25) is 0 Å². The minimum atomic E-state index is -0.760. The Morgan fingerprint density at radius 1 is 0.302 bits per heavy atom. The Morgan fingerprint density at radius 2 is 0.524 bits per heavy atom. The van der Waals surface area contributed by atoms with E-state index >= 15 is 0 Å². The molecule has 0 N–H and O–H groups in total. The summed E-state index contributed by atoms with van der Waals surface area (Å²) >= 11 is 0. The van der Waals surface area contributed by atoms with Crippen LogP contribution >= 0.6 is 0 Å². The van der Waals surface area contributed by atoms with Gasteiger partial charge >= 0.3 is 17.9 Å². The van der Waals surface area contributed by atoms with Crippen LogP contribution in [0.5, 0.6) is 0 Å². The number of carbonyl (C=O) groups excluding carboxylic acids is 3. The van der Waals surface area contributed by atoms with Gasteiger partial charge < -0.3 is 14.2 Å². The SMILES string of the molecule is CCCCCCCCCCCCCCCCCC(=O)OC[C@@H](COC(=O)CCCCCCCCCCCCCCCCCCCCC(C)C)OC(=O)CCCCCCCCCCC. The second kappa shape index (κ2) is 51.4. The summed E-state index contributed by atoms with van der Waals surface area (Å²) in [4.78, 5) is 38.0. The van der Waals surface area contributed by atoms with E-state index in [9.17, 15) is 14.4 Å². The third kappa shape index (κ3) is 51.3. The summed E-state index contributed by atoms with van der Waals surface area (Å²) in [6.07, 6.45) is 55.3. The van der Waals surface area contributed by atoms with Gasteiger partial charge in [0, 0.05) is 19.3 Å². The molecule has 0 heterocycles. The third-order valence-corrected chi connectivity index (χ3v) is 13.0. The summed E-state index contributed by atoms with van der Waals surface area (Å²) in [5.74, 6) is 0.0186. The summed E-state index contributed by atoms with van der Waals surface area (Å²) in [5, 5.41) is 0. The monoisotopic (exact) mass is 891 g/mol. The standard InChI is InChI=1S/C57H110O6/c1-5-7-9-11-13-15-16-17-22-26-29-33-36-40-44-48-55(58)61-51-54(63-57(60)50-46-42-38-31-14-12-10-8-6-2)52-62-56(59)49-45-41-37-34-30-27-24-21-19-18-20-23-25-28-32-35-39-43-47-53(3)4/h53-54H,5-52H2,1-4H3/t54-/m0/s1. The Bertz CT molecular complexity index is 949. The van der Waals surface area contributed by atoms with Crippen LogP contribution in [0.4, 0.5) is 0 Å². The van der Waals surface area contributed by atoms with Gasteiger partial charge in [-0.1, -0.05) is 285 Å². The van der Waals surface area contributed by atoms with Crippen LogP contribution in [0, 0.1) is 5.92 Å². The Labute approximate surface area is 393 Å². The molecule has 63 heavy (non-hydrogen) atoms. The first kappa shape index (κ1) is 61.4. The fraction of sp³-hybridized carbons (Fsp3) is 0.947. The molecule has 0 spiro atoms. The molecule has 1 atom stereocenters. The topological polar surface area (TPSA) is 78.9 Å². The Morgan fingerprint density at radius 3 is 0.778 bits per heavy atom. The molecule has 0 fully saturated rings. The number of rotatable bonds is 52. The summed E-state index contributed by atoms with van der Waals surface area (Å²) < 4.78 is 16.8. The maximum absolute atomic E-state index is 12.7. The number of ether oxygens (including phenoxy) is 3. The van der Waals surface area contributed by atoms with Gasteiger partial charge in [0.15, 0.2) is 6.10 Å². The quantitative estimate of drug-likeness (QED) is 0.0344. The molecular formula is C57H110O6. The molecule has 0 aromatic rings. The van der Waals surface area contributed by atoms with E-state index in [2.05, 4.69) is 27.7 Å². The van der Waals surface area contributed by atoms with Gasteiger partial charge in [-0.2, -0.15) is 0 Å². The van der Waals surface area contributed by atoms with Crippen LogP contribution in [0.1, 0.15) is 323 Å². The van der Waals surface area contributed by atoms with Gasteiger partial charge in [-0.15, -0.1) is 0 Å². The zero-order valence-corrected chi connectivity index (χ0v) is 43.0. The lowest BCUT2D eigenvalue weighted by Gasteiger charge is -2.18. The number of unbranched alkanes of at least 4 members (excludes halogenated alkanes) is 39. The van der Waals surface area contributed by atoms with Crippen LogP contribution in [-0.4, -0.2) is 37.2 Å². The van der Waals surface area contributed by atoms with Crippen molar-refractivity contribution in [2.24, 2.45) is 5.92 Å². The molecular weight excluding hydrogens is 781 g/mol. The van der Waals surface area contributed by atoms with E-state index in [0.29, 0.717) is 19.3 Å². The van der Waals surface area contributed by atoms with Gasteiger partial charge in [0.05, 0.1) is 0 Å². The highest BCUT2D eigenvalue weighted by Crippen LogP contribution is 2.18. The van der Waals surface area contributed by atoms with E-state index in [1.54, 1.807) is 0 Å². The van der Waals surface area contributed by atoms with Crippen molar-refractivity contribution in [1.29, 1.82) is 0 Å². The summed E-state index contributed by atoms with van der Waals surface area (Å²) in [6.45, 7) is 9.05. The zero-order valence-electron chi connectivity index (χ0n) is 43.0. The minimum absolute atomic E-state index is 0.0623. The average Bonchev–Trinajstić information content (AvgIpc) is 3.27. The van der Waals surface area contributed by atoms with Crippen molar-refractivity contribution in [1.82, 2.24) is 0 Å². The predicted molar refractivity (Wildman–Crippen MR) is 270 cm³/mol. The Balaban J connectivity index is 4.16. The van der Waals surface area contributed by atoms with Gasteiger partial charge in [-0.25, -0.2) is 0 Å². The summed E-state index contributed by atoms with van der Waals surface area (Å²) in [6, 6.07) is 0. The highest BCUT2D eigenvalue weighted by Gasteiger charge is 2.19. The second-order valence-corrected chi connectivity index (χ2v) is 20.1. The van der Waals surface area contributed by atoms with Crippen LogP contribution in [0.3, 0.4) is 0 Å². The molecule has 0 aromatic carbocycles. The first-order valence-electron chi connectivity index (χ1n) is 28.4. The van der Waals surface area contributed by atoms with Crippen LogP contribution < -0.4 is 0 Å². The van der Waals surface area contributed by atoms with Crippen molar-refractivity contribution in [3.63, 3.8) is 0 Å². The van der Waals surface area contributed by atoms with Crippen LogP contribution in [0.15, 0.2) is 0 Å². The molecule has 6 nitrogen and oxygen atoms in total. The number of hydrogen-bond acceptors (Lipinski definition) is 6. The van der Waals surface area contributed by atoms with E-state index < -0.39 is 6.10 Å². The van der Waals surface area contributed by atoms with E-state index in [-0.39, 0.29) is 31.1 Å². The molecule has 374 valence electrons. The Kier molecular flexibility index (Phi) is 50.1. The molecule has 0 aliphatic rings. The lowest BCUT2D eigenvalue weighted by Crippen LogP contribution is -2.30. The van der Waals surface area contributed by atoms with Gasteiger partial charge in [-0.3, -0.25) is 14.4 Å². The molecule has 0 amide bonds. The maximum Gasteiger partial charge on any atom is 0.306 e. The van der Waals surface area contributed by atoms with E-state index in [1.165, 1.54) is 218 Å². The highest BCUT2D eigenvalue weighted by molar-refractivity contribution is 5.71. The average molecular weight is 892 g/mol. The lowest BCUT2D eigenvalue weighted by atomic mass is 10.0. The predicted octanol–water partition coefficient (Wildman–Crippen LogP) is 18.6. The van der Waals surface area contributed by atoms with Gasteiger partial charge in [-0.05, 0) is 25.2 Å². The molecule has 0 aliphatic heterocycles. The Hall–Kier alpha value is -1.59. The van der Waals surface area contributed by atoms with E-state index in [0.717, 1.165) is 63.7 Å². The first-order valence-corrected chi connectivity index (χ1v) is 28.4. The molecule has 0 saturated carbocycles. The fourth-order valence-corrected chi connectivity index (χ4v) is 8.75. The largest absolute Gasteiger partial charge is 0.462 e. The van der Waals surface area contributed by atoms with E-state index in [1.807, 2.05) is 0 Å². The van der Waals surface area contributed by atoms with Crippen molar-refractivity contribution >= 4 is 17.9 Å². The molecule has 0 aliphatic carbocycles. The smallest absolute Gasteiger partial charge is 0.306 e. The third-order valence-electron chi connectivity index (χ3n) is 13.0. The van der Waals surface area contributed by atoms with Crippen molar-refractivity contribution < 1.29 is 28.6 Å². The molecule has 0 bridgehead atoms. The van der Waals surface area contributed by atoms with Crippen LogP contribution in [-0.2, 0) is 28.6 Å². The number of esters is 3. The second-order valence-electron chi connectivity index (χ2n) is 20.1.